The van der Waals surface area contributed by atoms with Crippen molar-refractivity contribution in [1.29, 1.82) is 0 Å². The van der Waals surface area contributed by atoms with Gasteiger partial charge in [0.05, 0.1) is 19.6 Å². The topological polar surface area (TPSA) is 79.1 Å². The Balaban J connectivity index is 1.87. The van der Waals surface area contributed by atoms with Crippen LogP contribution in [0.25, 0.3) is 0 Å². The predicted molar refractivity (Wildman–Crippen MR) is 135 cm³/mol. The van der Waals surface area contributed by atoms with Crippen molar-refractivity contribution in [3.8, 4) is 5.75 Å². The van der Waals surface area contributed by atoms with Gasteiger partial charge in [-0.3, -0.25) is 4.79 Å². The SMILES string of the molecule is CCCC(C[C@@H](c1ccc(Br)cc1)c1nnn(Cc2ccc(OC)cc2)n1)C(=O)OC(C)(C)C. The van der Waals surface area contributed by atoms with Crippen LogP contribution in [-0.4, -0.2) is 38.9 Å². The van der Waals surface area contributed by atoms with Gasteiger partial charge < -0.3 is 9.47 Å². The zero-order chi connectivity index (χ0) is 24.7. The standard InChI is InChI=1S/C26H33BrN4O3/c1-6-7-20(25(32)34-26(2,3)4)16-23(19-10-12-21(27)13-11-19)24-28-30-31(29-24)17-18-8-14-22(33-5)15-9-18/h8-15,20,23H,6-7,16-17H2,1-5H3/t20?,23-/m0/s1. The summed E-state index contributed by atoms with van der Waals surface area (Å²) in [5, 5.41) is 13.4. The summed E-state index contributed by atoms with van der Waals surface area (Å²) in [4.78, 5) is 14.6. The predicted octanol–water partition coefficient (Wildman–Crippen LogP) is 5.77. The van der Waals surface area contributed by atoms with Crippen LogP contribution in [0.1, 0.15) is 69.8 Å². The van der Waals surface area contributed by atoms with Gasteiger partial charge >= 0.3 is 5.97 Å². The highest BCUT2D eigenvalue weighted by atomic mass is 79.9. The number of carbonyl (C=O) groups is 1. The number of tetrazole rings is 1. The number of rotatable bonds is 10. The van der Waals surface area contributed by atoms with Gasteiger partial charge in [-0.15, -0.1) is 10.2 Å². The van der Waals surface area contributed by atoms with E-state index in [2.05, 4.69) is 33.2 Å². The van der Waals surface area contributed by atoms with Crippen LogP contribution in [0.2, 0.25) is 0 Å². The molecule has 3 aromatic rings. The molecule has 0 saturated heterocycles. The molecular weight excluding hydrogens is 496 g/mol. The Labute approximate surface area is 210 Å². The lowest BCUT2D eigenvalue weighted by Gasteiger charge is -2.26. The zero-order valence-electron chi connectivity index (χ0n) is 20.5. The molecule has 0 radical (unpaired) electrons. The number of ether oxygens (including phenoxy) is 2. The fourth-order valence-electron chi connectivity index (χ4n) is 3.79. The van der Waals surface area contributed by atoms with E-state index in [4.69, 9.17) is 14.6 Å². The van der Waals surface area contributed by atoms with Gasteiger partial charge in [0.1, 0.15) is 11.4 Å². The van der Waals surface area contributed by atoms with Crippen LogP contribution in [0.4, 0.5) is 0 Å². The van der Waals surface area contributed by atoms with Gasteiger partial charge in [0.15, 0.2) is 5.82 Å². The second-order valence-corrected chi connectivity index (χ2v) is 10.3. The Hall–Kier alpha value is -2.74. The Morgan fingerprint density at radius 3 is 2.35 bits per heavy atom. The lowest BCUT2D eigenvalue weighted by molar-refractivity contribution is -0.160. The maximum atomic E-state index is 13.0. The van der Waals surface area contributed by atoms with Crippen LogP contribution < -0.4 is 4.74 Å². The molecule has 0 aliphatic rings. The maximum absolute atomic E-state index is 13.0. The third-order valence-electron chi connectivity index (χ3n) is 5.43. The molecule has 3 rings (SSSR count). The highest BCUT2D eigenvalue weighted by molar-refractivity contribution is 9.10. The van der Waals surface area contributed by atoms with E-state index in [0.717, 1.165) is 34.2 Å². The fraction of sp³-hybridized carbons (Fsp3) is 0.462. The first-order valence-electron chi connectivity index (χ1n) is 11.6. The Bertz CT molecular complexity index is 1060. The van der Waals surface area contributed by atoms with E-state index < -0.39 is 5.60 Å². The second-order valence-electron chi connectivity index (χ2n) is 9.39. The molecule has 34 heavy (non-hydrogen) atoms. The molecule has 0 bridgehead atoms. The van der Waals surface area contributed by atoms with E-state index in [1.165, 1.54) is 0 Å². The van der Waals surface area contributed by atoms with Crippen molar-refractivity contribution >= 4 is 21.9 Å². The molecule has 2 atom stereocenters. The van der Waals surface area contributed by atoms with Crippen molar-refractivity contribution in [2.45, 2.75) is 65.0 Å². The molecule has 1 unspecified atom stereocenters. The summed E-state index contributed by atoms with van der Waals surface area (Å²) in [7, 11) is 1.64. The molecule has 0 aliphatic heterocycles. The largest absolute Gasteiger partial charge is 0.497 e. The van der Waals surface area contributed by atoms with Gasteiger partial charge in [-0.1, -0.05) is 53.5 Å². The molecule has 182 valence electrons. The van der Waals surface area contributed by atoms with E-state index >= 15 is 0 Å². The van der Waals surface area contributed by atoms with E-state index in [-0.39, 0.29) is 17.8 Å². The molecule has 2 aromatic carbocycles. The number of methoxy groups -OCH3 is 1. The summed E-state index contributed by atoms with van der Waals surface area (Å²) in [6.45, 7) is 8.26. The van der Waals surface area contributed by atoms with Crippen molar-refractivity contribution in [2.24, 2.45) is 5.92 Å². The summed E-state index contributed by atoms with van der Waals surface area (Å²) in [5.41, 5.74) is 1.55. The molecule has 1 heterocycles. The first-order chi connectivity index (χ1) is 16.2. The minimum atomic E-state index is -0.532. The smallest absolute Gasteiger partial charge is 0.309 e. The number of aromatic nitrogens is 4. The second kappa shape index (κ2) is 11.6. The van der Waals surface area contributed by atoms with Crippen molar-refractivity contribution in [2.75, 3.05) is 7.11 Å². The third-order valence-corrected chi connectivity index (χ3v) is 5.96. The summed E-state index contributed by atoms with van der Waals surface area (Å²) in [5.74, 6) is 0.783. The lowest BCUT2D eigenvalue weighted by atomic mass is 9.86. The van der Waals surface area contributed by atoms with Gasteiger partial charge in [0, 0.05) is 10.4 Å². The summed E-state index contributed by atoms with van der Waals surface area (Å²) in [6.07, 6.45) is 2.18. The number of hydrogen-bond donors (Lipinski definition) is 0. The van der Waals surface area contributed by atoms with Crippen LogP contribution in [0.15, 0.2) is 53.0 Å². The van der Waals surface area contributed by atoms with Gasteiger partial charge in [0.2, 0.25) is 0 Å². The molecule has 0 spiro atoms. The Morgan fingerprint density at radius 1 is 1.09 bits per heavy atom. The quantitative estimate of drug-likeness (QED) is 0.310. The van der Waals surface area contributed by atoms with E-state index in [0.29, 0.717) is 18.8 Å². The van der Waals surface area contributed by atoms with Crippen LogP contribution in [-0.2, 0) is 16.1 Å². The van der Waals surface area contributed by atoms with Gasteiger partial charge in [-0.25, -0.2) is 0 Å². The minimum Gasteiger partial charge on any atom is -0.497 e. The van der Waals surface area contributed by atoms with Crippen molar-refractivity contribution in [1.82, 2.24) is 20.2 Å². The molecule has 0 aliphatic carbocycles. The molecule has 1 aromatic heterocycles. The normalized spacial score (nSPS) is 13.4. The van der Waals surface area contributed by atoms with Crippen molar-refractivity contribution < 1.29 is 14.3 Å². The third kappa shape index (κ3) is 7.38. The highest BCUT2D eigenvalue weighted by Gasteiger charge is 2.30. The summed E-state index contributed by atoms with van der Waals surface area (Å²) in [6, 6.07) is 15.8. The van der Waals surface area contributed by atoms with Gasteiger partial charge in [-0.2, -0.15) is 4.80 Å². The number of benzene rings is 2. The van der Waals surface area contributed by atoms with Crippen molar-refractivity contribution in [3.05, 3.63) is 70.0 Å². The molecule has 8 heteroatoms. The van der Waals surface area contributed by atoms with E-state index in [1.54, 1.807) is 11.9 Å². The lowest BCUT2D eigenvalue weighted by Crippen LogP contribution is -2.30. The highest BCUT2D eigenvalue weighted by Crippen LogP contribution is 2.32. The minimum absolute atomic E-state index is 0.179. The van der Waals surface area contributed by atoms with Crippen LogP contribution in [0, 0.1) is 5.92 Å². The van der Waals surface area contributed by atoms with Crippen LogP contribution >= 0.6 is 15.9 Å². The first-order valence-corrected chi connectivity index (χ1v) is 12.4. The molecule has 0 saturated carbocycles. The van der Waals surface area contributed by atoms with Crippen LogP contribution in [0.3, 0.4) is 0 Å². The fourth-order valence-corrected chi connectivity index (χ4v) is 4.06. The van der Waals surface area contributed by atoms with Crippen LogP contribution in [0.5, 0.6) is 5.75 Å². The Morgan fingerprint density at radius 2 is 1.76 bits per heavy atom. The summed E-state index contributed by atoms with van der Waals surface area (Å²) >= 11 is 3.50. The summed E-state index contributed by atoms with van der Waals surface area (Å²) < 4.78 is 11.9. The van der Waals surface area contributed by atoms with Gasteiger partial charge in [0.25, 0.3) is 0 Å². The number of halogens is 1. The number of carbonyl (C=O) groups excluding carboxylic acids is 1. The first kappa shape index (κ1) is 25.9. The molecule has 0 N–H and O–H groups in total. The van der Waals surface area contributed by atoms with Crippen molar-refractivity contribution in [3.63, 3.8) is 0 Å². The monoisotopic (exact) mass is 528 g/mol. The maximum Gasteiger partial charge on any atom is 0.309 e. The van der Waals surface area contributed by atoms with Gasteiger partial charge in [-0.05, 0) is 74.2 Å². The average Bonchev–Trinajstić information content (AvgIpc) is 3.25. The average molecular weight is 529 g/mol. The number of nitrogens with zero attached hydrogens (tertiary/aromatic N) is 4. The molecule has 0 amide bonds. The number of esters is 1. The molecular formula is C26H33BrN4O3. The molecule has 7 nitrogen and oxygen atoms in total. The van der Waals surface area contributed by atoms with E-state index in [1.807, 2.05) is 69.3 Å². The zero-order valence-corrected chi connectivity index (χ0v) is 22.1. The Kier molecular flexibility index (Phi) is 8.83. The number of hydrogen-bond acceptors (Lipinski definition) is 6. The molecule has 0 fully saturated rings. The van der Waals surface area contributed by atoms with E-state index in [9.17, 15) is 4.79 Å².